The van der Waals surface area contributed by atoms with Gasteiger partial charge in [-0.15, -0.1) is 0 Å². The van der Waals surface area contributed by atoms with Crippen molar-refractivity contribution in [2.45, 2.75) is 20.3 Å². The fourth-order valence-corrected chi connectivity index (χ4v) is 3.15. The molecule has 0 aliphatic carbocycles. The maximum atomic E-state index is 12.5. The third-order valence-electron chi connectivity index (χ3n) is 4.73. The molecule has 0 N–H and O–H groups in total. The Bertz CT molecular complexity index is 579. The third kappa shape index (κ3) is 5.19. The van der Waals surface area contributed by atoms with Gasteiger partial charge in [-0.25, -0.2) is 0 Å². The second kappa shape index (κ2) is 9.42. The molecule has 0 unspecified atom stereocenters. The summed E-state index contributed by atoms with van der Waals surface area (Å²) in [6, 6.07) is 7.62. The molecule has 1 aliphatic rings. The zero-order valence-electron chi connectivity index (χ0n) is 15.5. The first-order valence-corrected chi connectivity index (χ1v) is 8.98. The van der Waals surface area contributed by atoms with Crippen molar-refractivity contribution in [1.82, 2.24) is 14.7 Å². The molecule has 1 fully saturated rings. The fraction of sp³-hybridized carbons (Fsp3) is 0.579. The van der Waals surface area contributed by atoms with Gasteiger partial charge in [-0.3, -0.25) is 14.5 Å². The summed E-state index contributed by atoms with van der Waals surface area (Å²) in [4.78, 5) is 30.6. The Morgan fingerprint density at radius 2 is 1.72 bits per heavy atom. The molecule has 0 atom stereocenters. The lowest BCUT2D eigenvalue weighted by Crippen LogP contribution is -2.51. The lowest BCUT2D eigenvalue weighted by molar-refractivity contribution is -0.134. The molecule has 0 saturated carbocycles. The lowest BCUT2D eigenvalue weighted by Gasteiger charge is -2.35. The Balaban J connectivity index is 1.83. The highest BCUT2D eigenvalue weighted by Crippen LogP contribution is 2.19. The van der Waals surface area contributed by atoms with E-state index >= 15 is 0 Å². The summed E-state index contributed by atoms with van der Waals surface area (Å²) in [5, 5.41) is 0. The van der Waals surface area contributed by atoms with E-state index in [0.29, 0.717) is 26.1 Å². The van der Waals surface area contributed by atoms with Crippen molar-refractivity contribution in [3.8, 4) is 5.75 Å². The van der Waals surface area contributed by atoms with Crippen molar-refractivity contribution in [3.05, 3.63) is 29.8 Å². The lowest BCUT2D eigenvalue weighted by atomic mass is 10.1. The van der Waals surface area contributed by atoms with Gasteiger partial charge in [0.15, 0.2) is 0 Å². The van der Waals surface area contributed by atoms with Crippen LogP contribution in [-0.4, -0.2) is 79.4 Å². The van der Waals surface area contributed by atoms with Crippen molar-refractivity contribution in [2.24, 2.45) is 0 Å². The highest BCUT2D eigenvalue weighted by Gasteiger charge is 2.24. The summed E-state index contributed by atoms with van der Waals surface area (Å²) < 4.78 is 5.32. The molecule has 6 heteroatoms. The monoisotopic (exact) mass is 347 g/mol. The second-order valence-corrected chi connectivity index (χ2v) is 6.21. The van der Waals surface area contributed by atoms with Crippen LogP contribution in [0.2, 0.25) is 0 Å². The van der Waals surface area contributed by atoms with Crippen LogP contribution in [0.5, 0.6) is 5.75 Å². The zero-order chi connectivity index (χ0) is 18.2. The summed E-state index contributed by atoms with van der Waals surface area (Å²) in [5.41, 5.74) is 0.911. The van der Waals surface area contributed by atoms with Crippen LogP contribution in [0, 0.1) is 0 Å². The van der Waals surface area contributed by atoms with Gasteiger partial charge in [0, 0.05) is 44.8 Å². The number of amides is 2. The number of carbonyl (C=O) groups excluding carboxylic acids is 2. The number of rotatable bonds is 7. The summed E-state index contributed by atoms with van der Waals surface area (Å²) in [5.74, 6) is 1.03. The summed E-state index contributed by atoms with van der Waals surface area (Å²) >= 11 is 0. The van der Waals surface area contributed by atoms with Gasteiger partial charge in [0.1, 0.15) is 5.75 Å². The molecule has 25 heavy (non-hydrogen) atoms. The van der Waals surface area contributed by atoms with E-state index in [1.54, 1.807) is 7.11 Å². The summed E-state index contributed by atoms with van der Waals surface area (Å²) in [6.45, 7) is 8.73. The van der Waals surface area contributed by atoms with Crippen LogP contribution in [-0.2, 0) is 16.0 Å². The molecule has 1 aromatic carbocycles. The van der Waals surface area contributed by atoms with E-state index < -0.39 is 0 Å². The molecule has 2 amide bonds. The predicted molar refractivity (Wildman–Crippen MR) is 97.6 cm³/mol. The minimum absolute atomic E-state index is 0.110. The quantitative estimate of drug-likeness (QED) is 0.745. The van der Waals surface area contributed by atoms with Gasteiger partial charge in [0.05, 0.1) is 20.1 Å². The van der Waals surface area contributed by atoms with Crippen molar-refractivity contribution in [1.29, 1.82) is 0 Å². The Morgan fingerprint density at radius 3 is 2.32 bits per heavy atom. The normalized spacial score (nSPS) is 15.1. The van der Waals surface area contributed by atoms with E-state index in [0.717, 1.165) is 37.5 Å². The Morgan fingerprint density at radius 1 is 1.08 bits per heavy atom. The minimum atomic E-state index is 0.110. The number of nitrogens with zero attached hydrogens (tertiary/aromatic N) is 3. The van der Waals surface area contributed by atoms with Crippen molar-refractivity contribution in [2.75, 3.05) is 52.9 Å². The van der Waals surface area contributed by atoms with E-state index in [4.69, 9.17) is 4.74 Å². The molecular weight excluding hydrogens is 318 g/mol. The largest absolute Gasteiger partial charge is 0.496 e. The van der Waals surface area contributed by atoms with Crippen LogP contribution >= 0.6 is 0 Å². The molecule has 0 spiro atoms. The standard InChI is InChI=1S/C19H29N3O3/c1-4-21(5-2)19(24)15-20-10-12-22(13-11-20)18(23)14-16-8-6-7-9-17(16)25-3/h6-9H,4-5,10-15H2,1-3H3. The van der Waals surface area contributed by atoms with E-state index in [1.165, 1.54) is 0 Å². The van der Waals surface area contributed by atoms with E-state index in [-0.39, 0.29) is 11.8 Å². The molecule has 1 saturated heterocycles. The van der Waals surface area contributed by atoms with Gasteiger partial charge < -0.3 is 14.5 Å². The number of methoxy groups -OCH3 is 1. The number of hydrogen-bond acceptors (Lipinski definition) is 4. The zero-order valence-corrected chi connectivity index (χ0v) is 15.5. The third-order valence-corrected chi connectivity index (χ3v) is 4.73. The van der Waals surface area contributed by atoms with Gasteiger partial charge in [-0.1, -0.05) is 18.2 Å². The van der Waals surface area contributed by atoms with Crippen LogP contribution < -0.4 is 4.74 Å². The molecular formula is C19H29N3O3. The number of carbonyl (C=O) groups is 2. The number of para-hydroxylation sites is 1. The molecule has 138 valence electrons. The fourth-order valence-electron chi connectivity index (χ4n) is 3.15. The van der Waals surface area contributed by atoms with E-state index in [2.05, 4.69) is 4.90 Å². The SMILES string of the molecule is CCN(CC)C(=O)CN1CCN(C(=O)Cc2ccccc2OC)CC1. The van der Waals surface area contributed by atoms with Gasteiger partial charge in [0.25, 0.3) is 0 Å². The molecule has 0 bridgehead atoms. The molecule has 0 aromatic heterocycles. The molecule has 1 aliphatic heterocycles. The first-order valence-electron chi connectivity index (χ1n) is 8.98. The van der Waals surface area contributed by atoms with Crippen molar-refractivity contribution < 1.29 is 14.3 Å². The maximum absolute atomic E-state index is 12.5. The van der Waals surface area contributed by atoms with E-state index in [9.17, 15) is 9.59 Å². The van der Waals surface area contributed by atoms with E-state index in [1.807, 2.05) is 47.9 Å². The average Bonchev–Trinajstić information content (AvgIpc) is 2.63. The molecule has 0 radical (unpaired) electrons. The van der Waals surface area contributed by atoms with Crippen LogP contribution in [0.3, 0.4) is 0 Å². The van der Waals surface area contributed by atoms with Crippen LogP contribution in [0.4, 0.5) is 0 Å². The predicted octanol–water partition coefficient (Wildman–Crippen LogP) is 1.25. The molecule has 6 nitrogen and oxygen atoms in total. The number of ether oxygens (including phenoxy) is 1. The Hall–Kier alpha value is -2.08. The number of hydrogen-bond donors (Lipinski definition) is 0. The Kier molecular flexibility index (Phi) is 7.25. The minimum Gasteiger partial charge on any atom is -0.496 e. The van der Waals surface area contributed by atoms with Gasteiger partial charge in [-0.05, 0) is 19.9 Å². The molecule has 1 heterocycles. The van der Waals surface area contributed by atoms with Crippen LogP contribution in [0.1, 0.15) is 19.4 Å². The molecule has 1 aromatic rings. The second-order valence-electron chi connectivity index (χ2n) is 6.21. The number of likely N-dealkylation sites (N-methyl/N-ethyl adjacent to an activating group) is 1. The van der Waals surface area contributed by atoms with Crippen LogP contribution in [0.25, 0.3) is 0 Å². The van der Waals surface area contributed by atoms with Crippen molar-refractivity contribution >= 4 is 11.8 Å². The number of piperazine rings is 1. The first kappa shape index (κ1) is 19.2. The van der Waals surface area contributed by atoms with Gasteiger partial charge >= 0.3 is 0 Å². The summed E-state index contributed by atoms with van der Waals surface area (Å²) in [6.07, 6.45) is 0.350. The summed E-state index contributed by atoms with van der Waals surface area (Å²) in [7, 11) is 1.62. The van der Waals surface area contributed by atoms with Crippen molar-refractivity contribution in [3.63, 3.8) is 0 Å². The highest BCUT2D eigenvalue weighted by molar-refractivity contribution is 5.80. The van der Waals surface area contributed by atoms with Crippen LogP contribution in [0.15, 0.2) is 24.3 Å². The average molecular weight is 347 g/mol. The van der Waals surface area contributed by atoms with Gasteiger partial charge in [0.2, 0.25) is 11.8 Å². The molecule has 2 rings (SSSR count). The maximum Gasteiger partial charge on any atom is 0.236 e. The first-order chi connectivity index (χ1) is 12.1. The number of benzene rings is 1. The highest BCUT2D eigenvalue weighted by atomic mass is 16.5. The Labute approximate surface area is 150 Å². The van der Waals surface area contributed by atoms with Gasteiger partial charge in [-0.2, -0.15) is 0 Å². The smallest absolute Gasteiger partial charge is 0.236 e. The topological polar surface area (TPSA) is 53.1 Å².